The summed E-state index contributed by atoms with van der Waals surface area (Å²) >= 11 is 0. The fourth-order valence-corrected chi connectivity index (χ4v) is 4.96. The predicted molar refractivity (Wildman–Crippen MR) is 164 cm³/mol. The number of aromatic nitrogens is 1. The van der Waals surface area contributed by atoms with Crippen LogP contribution in [0.1, 0.15) is 24.8 Å². The largest absolute Gasteiger partial charge is 0.343 e. The first-order valence-electron chi connectivity index (χ1n) is 14.4. The molecule has 0 fully saturated rings. The van der Waals surface area contributed by atoms with Gasteiger partial charge in [-0.15, -0.1) is 0 Å². The second-order valence-corrected chi connectivity index (χ2v) is 10.3. The number of hydrogen-bond acceptors (Lipinski definition) is 8. The molecule has 3 rings (SSSR count). The number of benzene rings is 2. The summed E-state index contributed by atoms with van der Waals surface area (Å²) in [4.78, 5) is 30.9. The van der Waals surface area contributed by atoms with Crippen LogP contribution in [0.2, 0.25) is 0 Å². The normalized spacial score (nSPS) is 13.1. The first-order valence-corrected chi connectivity index (χ1v) is 14.4. The van der Waals surface area contributed by atoms with Crippen LogP contribution >= 0.6 is 0 Å². The van der Waals surface area contributed by atoms with E-state index in [4.69, 9.17) is 22.9 Å². The van der Waals surface area contributed by atoms with Crippen molar-refractivity contribution < 1.29 is 14.2 Å². The van der Waals surface area contributed by atoms with Crippen molar-refractivity contribution in [3.8, 4) is 0 Å². The average Bonchev–Trinajstić information content (AvgIpc) is 2.98. The number of nitrogens with one attached hydrogen (secondary N) is 3. The molecule has 1 heterocycles. The van der Waals surface area contributed by atoms with Gasteiger partial charge in [0.25, 0.3) is 0 Å². The number of amides is 2. The Morgan fingerprint density at radius 3 is 2.20 bits per heavy atom. The number of nitrogens with zero attached hydrogens (tertiary/aromatic N) is 2. The van der Waals surface area contributed by atoms with E-state index in [1.165, 1.54) is 0 Å². The number of nitrogens with two attached hydrogens (primary N) is 4. The van der Waals surface area contributed by atoms with E-state index in [9.17, 15) is 9.59 Å². The van der Waals surface area contributed by atoms with E-state index in [-0.39, 0.29) is 11.8 Å². The van der Waals surface area contributed by atoms with Crippen molar-refractivity contribution in [3.05, 3.63) is 72.4 Å². The molecule has 11 N–H and O–H groups in total. The summed E-state index contributed by atoms with van der Waals surface area (Å²) in [6.45, 7) is 4.31. The summed E-state index contributed by atoms with van der Waals surface area (Å²) in [5.74, 6) is -0.672. The van der Waals surface area contributed by atoms with Crippen molar-refractivity contribution in [1.29, 1.82) is 0 Å². The molecule has 0 unspecified atom stereocenters. The van der Waals surface area contributed by atoms with Gasteiger partial charge in [-0.25, -0.2) is 4.59 Å². The lowest BCUT2D eigenvalue weighted by atomic mass is 10.0. The zero-order valence-corrected chi connectivity index (χ0v) is 23.8. The average molecular weight is 565 g/mol. The Morgan fingerprint density at radius 2 is 1.51 bits per heavy atom. The molecule has 222 valence electrons. The molecule has 1 aromatic heterocycles. The summed E-state index contributed by atoms with van der Waals surface area (Å²) in [7, 11) is 0. The minimum absolute atomic E-state index is 0.312. The highest BCUT2D eigenvalue weighted by Gasteiger charge is 2.26. The van der Waals surface area contributed by atoms with Gasteiger partial charge in [0, 0.05) is 31.6 Å². The van der Waals surface area contributed by atoms with Gasteiger partial charge in [0.1, 0.15) is 25.7 Å². The van der Waals surface area contributed by atoms with Crippen LogP contribution in [0.15, 0.2) is 66.9 Å². The summed E-state index contributed by atoms with van der Waals surface area (Å²) < 4.78 is 0.538. The number of para-hydroxylation sites is 1. The van der Waals surface area contributed by atoms with Gasteiger partial charge >= 0.3 is 0 Å². The Bertz CT molecular complexity index is 1210. The van der Waals surface area contributed by atoms with Crippen molar-refractivity contribution in [3.63, 3.8) is 0 Å². The minimum atomic E-state index is -0.763. The maximum absolute atomic E-state index is 13.3. The van der Waals surface area contributed by atoms with Crippen LogP contribution in [0.3, 0.4) is 0 Å². The van der Waals surface area contributed by atoms with Crippen LogP contribution in [0.25, 0.3) is 10.9 Å². The fraction of sp³-hybridized carbons (Fsp3) is 0.433. The Kier molecular flexibility index (Phi) is 13.1. The molecule has 0 aliphatic rings. The quantitative estimate of drug-likeness (QED) is 0.0664. The lowest BCUT2D eigenvalue weighted by Crippen LogP contribution is -2.63. The Labute approximate surface area is 242 Å². The third-order valence-corrected chi connectivity index (χ3v) is 7.20. The molecule has 0 spiro atoms. The third-order valence-electron chi connectivity index (χ3n) is 7.20. The highest BCUT2D eigenvalue weighted by molar-refractivity contribution is 5.98. The topological polar surface area (TPSA) is 187 Å². The van der Waals surface area contributed by atoms with Crippen molar-refractivity contribution >= 4 is 28.4 Å². The lowest BCUT2D eigenvalue weighted by Gasteiger charge is -2.37. The Balaban J connectivity index is 1.60. The van der Waals surface area contributed by atoms with E-state index in [1.54, 1.807) is 6.20 Å². The van der Waals surface area contributed by atoms with E-state index in [1.807, 2.05) is 60.7 Å². The number of carbonyl (C=O) groups excluding carboxylic acids is 2. The molecular formula is C30H46N9O2+. The Hall–Kier alpha value is -3.45. The van der Waals surface area contributed by atoms with Crippen LogP contribution < -0.4 is 39.0 Å². The van der Waals surface area contributed by atoms with E-state index < -0.39 is 12.1 Å². The number of carbonyl (C=O) groups is 2. The third kappa shape index (κ3) is 10.2. The number of rotatable bonds is 18. The summed E-state index contributed by atoms with van der Waals surface area (Å²) in [5.41, 5.74) is 29.7. The molecule has 0 saturated carbocycles. The molecule has 0 aliphatic heterocycles. The van der Waals surface area contributed by atoms with Crippen LogP contribution in [0, 0.1) is 0 Å². The molecule has 0 saturated heterocycles. The molecule has 11 nitrogen and oxygen atoms in total. The van der Waals surface area contributed by atoms with Gasteiger partial charge in [0.15, 0.2) is 0 Å². The number of aryl methyl sites for hydroxylation is 1. The zero-order valence-electron chi connectivity index (χ0n) is 23.8. The van der Waals surface area contributed by atoms with Crippen LogP contribution in [-0.4, -0.2) is 79.3 Å². The summed E-state index contributed by atoms with van der Waals surface area (Å²) in [6, 6.07) is 17.9. The van der Waals surface area contributed by atoms with Crippen molar-refractivity contribution in [2.24, 2.45) is 22.9 Å². The van der Waals surface area contributed by atoms with E-state index in [2.05, 4.69) is 21.0 Å². The molecule has 0 radical (unpaired) electrons. The van der Waals surface area contributed by atoms with Gasteiger partial charge in [0.05, 0.1) is 23.4 Å². The summed E-state index contributed by atoms with van der Waals surface area (Å²) in [6.07, 6.45) is 3.78. The maximum atomic E-state index is 13.3. The molecule has 2 amide bonds. The van der Waals surface area contributed by atoms with Crippen molar-refractivity contribution in [2.75, 3.05) is 51.1 Å². The maximum Gasteiger partial charge on any atom is 0.247 e. The van der Waals surface area contributed by atoms with Gasteiger partial charge < -0.3 is 33.6 Å². The smallest absolute Gasteiger partial charge is 0.247 e. The number of fused-ring (bicyclic) bond motifs is 1. The standard InChI is InChI=1S/C30H45N9O2/c31-14-18-39(19-15-32,20-16-33)36-17-6-10-26(34)29(40)38-28(13-12-23-7-2-1-3-8-23)30(41)37-25-21-24-9-4-5-11-27(24)35-22-25/h1-5,7-9,11,21-22,26,28,36H,6,10,12-20,31-34H2,(H-,37,38,40,41)/p+1/t26-,28-/m0/s1. The number of hydrogen-bond donors (Lipinski definition) is 7. The van der Waals surface area contributed by atoms with Crippen LogP contribution in [0.4, 0.5) is 5.69 Å². The van der Waals surface area contributed by atoms with Crippen molar-refractivity contribution in [2.45, 2.75) is 37.8 Å². The molecule has 3 aromatic rings. The van der Waals surface area contributed by atoms with Gasteiger partial charge in [-0.2, -0.15) is 5.43 Å². The zero-order chi connectivity index (χ0) is 29.5. The van der Waals surface area contributed by atoms with Gasteiger partial charge in [0.2, 0.25) is 11.8 Å². The molecule has 0 aliphatic carbocycles. The minimum Gasteiger partial charge on any atom is -0.343 e. The first kappa shape index (κ1) is 32.1. The second-order valence-electron chi connectivity index (χ2n) is 10.3. The molecule has 2 aromatic carbocycles. The van der Waals surface area contributed by atoms with Crippen molar-refractivity contribution in [1.82, 2.24) is 15.7 Å². The summed E-state index contributed by atoms with van der Waals surface area (Å²) in [5, 5.41) is 6.73. The van der Waals surface area contributed by atoms with Gasteiger partial charge in [-0.1, -0.05) is 48.5 Å². The molecular weight excluding hydrogens is 518 g/mol. The van der Waals surface area contributed by atoms with Crippen LogP contribution in [-0.2, 0) is 16.0 Å². The SMILES string of the molecule is NCC[N+](CCN)(CCN)NCCC[C@H](N)C(=O)N[C@@H](CCc1ccccc1)C(=O)Nc1cnc2ccccc2c1. The Morgan fingerprint density at radius 1 is 0.854 bits per heavy atom. The number of pyridine rings is 1. The predicted octanol–water partition coefficient (Wildman–Crippen LogP) is 0.596. The number of quaternary nitrogens is 1. The van der Waals surface area contributed by atoms with Crippen LogP contribution in [0.5, 0.6) is 0 Å². The van der Waals surface area contributed by atoms with E-state index in [0.29, 0.717) is 81.8 Å². The highest BCUT2D eigenvalue weighted by atomic mass is 16.2. The first-order chi connectivity index (χ1) is 19.9. The molecule has 2 atom stereocenters. The lowest BCUT2D eigenvalue weighted by molar-refractivity contribution is -0.966. The van der Waals surface area contributed by atoms with Gasteiger partial charge in [-0.3, -0.25) is 14.6 Å². The fourth-order valence-electron chi connectivity index (χ4n) is 4.96. The molecule has 0 bridgehead atoms. The van der Waals surface area contributed by atoms with Gasteiger partial charge in [-0.05, 0) is 43.4 Å². The molecule has 41 heavy (non-hydrogen) atoms. The highest BCUT2D eigenvalue weighted by Crippen LogP contribution is 2.17. The molecule has 11 heteroatoms. The second kappa shape index (κ2) is 16.7. The van der Waals surface area contributed by atoms with E-state index in [0.717, 1.165) is 16.5 Å². The van der Waals surface area contributed by atoms with E-state index >= 15 is 0 Å². The number of anilines is 1. The monoisotopic (exact) mass is 564 g/mol.